The SMILES string of the molecule is CN=C(NCCc1ccc(F)cc1Cl)NCCN1CCCCC1.I. The van der Waals surface area contributed by atoms with Gasteiger partial charge in [0, 0.05) is 31.7 Å². The lowest BCUT2D eigenvalue weighted by molar-refractivity contribution is 0.232. The monoisotopic (exact) mass is 468 g/mol. The van der Waals surface area contributed by atoms with E-state index in [1.165, 1.54) is 44.5 Å². The minimum absolute atomic E-state index is 0. The minimum atomic E-state index is -0.304. The van der Waals surface area contributed by atoms with Gasteiger partial charge in [-0.05, 0) is 50.0 Å². The van der Waals surface area contributed by atoms with Crippen LogP contribution >= 0.6 is 35.6 Å². The number of nitrogens with zero attached hydrogens (tertiary/aromatic N) is 2. The highest BCUT2D eigenvalue weighted by molar-refractivity contribution is 14.0. The Morgan fingerprint density at radius 3 is 2.58 bits per heavy atom. The molecule has 1 heterocycles. The Labute approximate surface area is 166 Å². The number of guanidine groups is 1. The third kappa shape index (κ3) is 7.53. The lowest BCUT2D eigenvalue weighted by atomic mass is 10.1. The summed E-state index contributed by atoms with van der Waals surface area (Å²) in [6.45, 7) is 5.05. The summed E-state index contributed by atoms with van der Waals surface area (Å²) in [5.41, 5.74) is 0.935. The van der Waals surface area contributed by atoms with Gasteiger partial charge in [0.2, 0.25) is 0 Å². The van der Waals surface area contributed by atoms with E-state index in [2.05, 4.69) is 20.5 Å². The molecule has 2 rings (SSSR count). The van der Waals surface area contributed by atoms with E-state index in [0.29, 0.717) is 11.6 Å². The largest absolute Gasteiger partial charge is 0.356 e. The number of hydrogen-bond donors (Lipinski definition) is 2. The van der Waals surface area contributed by atoms with E-state index >= 15 is 0 Å². The lowest BCUT2D eigenvalue weighted by Crippen LogP contribution is -2.43. The van der Waals surface area contributed by atoms with Gasteiger partial charge < -0.3 is 15.5 Å². The first-order valence-corrected chi connectivity index (χ1v) is 8.67. The molecule has 24 heavy (non-hydrogen) atoms. The van der Waals surface area contributed by atoms with Gasteiger partial charge in [0.25, 0.3) is 0 Å². The fraction of sp³-hybridized carbons (Fsp3) is 0.588. The lowest BCUT2D eigenvalue weighted by Gasteiger charge is -2.26. The van der Waals surface area contributed by atoms with Crippen molar-refractivity contribution < 1.29 is 4.39 Å². The maximum absolute atomic E-state index is 13.0. The number of benzene rings is 1. The highest BCUT2D eigenvalue weighted by Crippen LogP contribution is 2.17. The molecule has 0 atom stereocenters. The van der Waals surface area contributed by atoms with E-state index in [9.17, 15) is 4.39 Å². The minimum Gasteiger partial charge on any atom is -0.356 e. The predicted molar refractivity (Wildman–Crippen MR) is 110 cm³/mol. The van der Waals surface area contributed by atoms with Gasteiger partial charge in [0.1, 0.15) is 5.82 Å². The van der Waals surface area contributed by atoms with Crippen molar-refractivity contribution in [2.45, 2.75) is 25.7 Å². The number of nitrogens with one attached hydrogen (secondary N) is 2. The molecular weight excluding hydrogens is 442 g/mol. The standard InChI is InChI=1S/C17H26ClFN4.HI/c1-20-17(22-9-12-23-10-3-2-4-11-23)21-8-7-14-5-6-15(19)13-16(14)18;/h5-6,13H,2-4,7-12H2,1H3,(H2,20,21,22);1H. The van der Waals surface area contributed by atoms with Crippen molar-refractivity contribution in [2.24, 2.45) is 4.99 Å². The molecule has 0 radical (unpaired) electrons. The van der Waals surface area contributed by atoms with Crippen molar-refractivity contribution in [2.75, 3.05) is 39.8 Å². The third-order valence-electron chi connectivity index (χ3n) is 4.09. The molecule has 2 N–H and O–H groups in total. The Kier molecular flexibility index (Phi) is 10.6. The van der Waals surface area contributed by atoms with Crippen LogP contribution in [0.3, 0.4) is 0 Å². The maximum Gasteiger partial charge on any atom is 0.191 e. The molecule has 0 unspecified atom stereocenters. The quantitative estimate of drug-likeness (QED) is 0.382. The number of hydrogen-bond acceptors (Lipinski definition) is 2. The van der Waals surface area contributed by atoms with Crippen LogP contribution in [0.5, 0.6) is 0 Å². The van der Waals surface area contributed by atoms with Crippen LogP contribution in [0, 0.1) is 5.82 Å². The van der Waals surface area contributed by atoms with Crippen molar-refractivity contribution in [1.82, 2.24) is 15.5 Å². The fourth-order valence-electron chi connectivity index (χ4n) is 2.78. The zero-order chi connectivity index (χ0) is 16.5. The summed E-state index contributed by atoms with van der Waals surface area (Å²) < 4.78 is 13.0. The molecule has 4 nitrogen and oxygen atoms in total. The average Bonchev–Trinajstić information content (AvgIpc) is 2.56. The number of halogens is 3. The molecule has 0 amide bonds. The van der Waals surface area contributed by atoms with Gasteiger partial charge in [0.15, 0.2) is 5.96 Å². The van der Waals surface area contributed by atoms with Gasteiger partial charge in [-0.2, -0.15) is 0 Å². The van der Waals surface area contributed by atoms with Crippen LogP contribution in [0.1, 0.15) is 24.8 Å². The molecule has 136 valence electrons. The molecule has 0 saturated carbocycles. The van der Waals surface area contributed by atoms with Crippen LogP contribution in [0.15, 0.2) is 23.2 Å². The molecule has 0 spiro atoms. The topological polar surface area (TPSA) is 39.7 Å². The van der Waals surface area contributed by atoms with E-state index in [-0.39, 0.29) is 29.8 Å². The zero-order valence-corrected chi connectivity index (χ0v) is 17.2. The fourth-order valence-corrected chi connectivity index (χ4v) is 3.04. The Balaban J connectivity index is 0.00000288. The normalized spacial score (nSPS) is 15.7. The van der Waals surface area contributed by atoms with Crippen LogP contribution in [0.2, 0.25) is 5.02 Å². The molecule has 0 bridgehead atoms. The van der Waals surface area contributed by atoms with Crippen LogP contribution in [0.4, 0.5) is 4.39 Å². The molecule has 1 aliphatic heterocycles. The number of piperidine rings is 1. The van der Waals surface area contributed by atoms with Gasteiger partial charge in [-0.25, -0.2) is 4.39 Å². The van der Waals surface area contributed by atoms with E-state index < -0.39 is 0 Å². The van der Waals surface area contributed by atoms with Crippen molar-refractivity contribution >= 4 is 41.5 Å². The maximum atomic E-state index is 13.0. The summed E-state index contributed by atoms with van der Waals surface area (Å²) in [6, 6.07) is 4.52. The highest BCUT2D eigenvalue weighted by atomic mass is 127. The number of rotatable bonds is 6. The van der Waals surface area contributed by atoms with Crippen LogP contribution in [0.25, 0.3) is 0 Å². The summed E-state index contributed by atoms with van der Waals surface area (Å²) in [7, 11) is 1.76. The second kappa shape index (κ2) is 11.9. The van der Waals surface area contributed by atoms with Gasteiger partial charge in [0.05, 0.1) is 0 Å². The first-order chi connectivity index (χ1) is 11.2. The summed E-state index contributed by atoms with van der Waals surface area (Å²) in [5.74, 6) is 0.488. The Morgan fingerprint density at radius 1 is 1.21 bits per heavy atom. The molecule has 1 aliphatic rings. The van der Waals surface area contributed by atoms with E-state index in [4.69, 9.17) is 11.6 Å². The molecule has 0 aromatic heterocycles. The van der Waals surface area contributed by atoms with Gasteiger partial charge in [-0.3, -0.25) is 4.99 Å². The van der Waals surface area contributed by atoms with Crippen molar-refractivity contribution in [3.8, 4) is 0 Å². The molecule has 1 aromatic rings. The Bertz CT molecular complexity index is 521. The second-order valence-corrected chi connectivity index (χ2v) is 6.22. The molecule has 1 saturated heterocycles. The van der Waals surface area contributed by atoms with Crippen LogP contribution in [-0.4, -0.2) is 50.6 Å². The molecule has 1 fully saturated rings. The summed E-state index contributed by atoms with van der Waals surface area (Å²) >= 11 is 6.03. The average molecular weight is 469 g/mol. The van der Waals surface area contributed by atoms with Crippen molar-refractivity contribution in [3.05, 3.63) is 34.6 Å². The predicted octanol–water partition coefficient (Wildman–Crippen LogP) is 3.29. The van der Waals surface area contributed by atoms with E-state index in [1.54, 1.807) is 13.1 Å². The summed E-state index contributed by atoms with van der Waals surface area (Å²) in [6.07, 6.45) is 4.71. The highest BCUT2D eigenvalue weighted by Gasteiger charge is 2.09. The summed E-state index contributed by atoms with van der Waals surface area (Å²) in [5, 5.41) is 7.07. The number of likely N-dealkylation sites (tertiary alicyclic amines) is 1. The Hall–Kier alpha value is -0.600. The molecule has 0 aliphatic carbocycles. The van der Waals surface area contributed by atoms with E-state index in [0.717, 1.165) is 31.0 Å². The summed E-state index contributed by atoms with van der Waals surface area (Å²) in [4.78, 5) is 6.71. The van der Waals surface area contributed by atoms with Gasteiger partial charge in [-0.1, -0.05) is 24.1 Å². The zero-order valence-electron chi connectivity index (χ0n) is 14.2. The van der Waals surface area contributed by atoms with Crippen molar-refractivity contribution in [1.29, 1.82) is 0 Å². The van der Waals surface area contributed by atoms with Crippen molar-refractivity contribution in [3.63, 3.8) is 0 Å². The molecule has 1 aromatic carbocycles. The van der Waals surface area contributed by atoms with Crippen LogP contribution in [-0.2, 0) is 6.42 Å². The Morgan fingerprint density at radius 2 is 1.92 bits per heavy atom. The van der Waals surface area contributed by atoms with Gasteiger partial charge >= 0.3 is 0 Å². The third-order valence-corrected chi connectivity index (χ3v) is 4.45. The van der Waals surface area contributed by atoms with Crippen LogP contribution < -0.4 is 10.6 Å². The first-order valence-electron chi connectivity index (χ1n) is 8.30. The second-order valence-electron chi connectivity index (χ2n) is 5.81. The molecule has 7 heteroatoms. The first kappa shape index (κ1) is 21.4. The smallest absolute Gasteiger partial charge is 0.191 e. The number of aliphatic imine (C=N–C) groups is 1. The molecular formula is C17H27ClFIN4. The van der Waals surface area contributed by atoms with E-state index in [1.807, 2.05) is 0 Å². The van der Waals surface area contributed by atoms with Gasteiger partial charge in [-0.15, -0.1) is 24.0 Å².